The molecule has 0 unspecified atom stereocenters. The first kappa shape index (κ1) is 13.8. The molecule has 0 bridgehead atoms. The maximum absolute atomic E-state index is 4.80. The Hall–Kier alpha value is -2.57. The Kier molecular flexibility index (Phi) is 3.17. The SMILES string of the molecule is c1cnc(N2CCC(c3nnc4ccc(C5CC5)nn34)CC2)nc1. The Bertz CT molecular complexity index is 848. The molecule has 2 aliphatic rings. The molecule has 0 amide bonds. The van der Waals surface area contributed by atoms with Crippen molar-refractivity contribution in [2.45, 2.75) is 37.5 Å². The number of hydrogen-bond donors (Lipinski definition) is 0. The van der Waals surface area contributed by atoms with Crippen LogP contribution in [0, 0.1) is 0 Å². The molecule has 1 aliphatic carbocycles. The summed E-state index contributed by atoms with van der Waals surface area (Å²) in [7, 11) is 0. The summed E-state index contributed by atoms with van der Waals surface area (Å²) in [4.78, 5) is 10.9. The summed E-state index contributed by atoms with van der Waals surface area (Å²) in [5, 5.41) is 13.5. The summed E-state index contributed by atoms with van der Waals surface area (Å²) in [6, 6.07) is 5.99. The smallest absolute Gasteiger partial charge is 0.225 e. The zero-order valence-electron chi connectivity index (χ0n) is 13.4. The van der Waals surface area contributed by atoms with E-state index in [1.54, 1.807) is 12.4 Å². The Morgan fingerprint density at radius 2 is 1.67 bits per heavy atom. The highest BCUT2D eigenvalue weighted by Gasteiger charge is 2.28. The van der Waals surface area contributed by atoms with Gasteiger partial charge in [0.2, 0.25) is 5.95 Å². The molecule has 0 aromatic carbocycles. The van der Waals surface area contributed by atoms with Crippen molar-refractivity contribution >= 4 is 11.6 Å². The van der Waals surface area contributed by atoms with E-state index in [4.69, 9.17) is 5.10 Å². The van der Waals surface area contributed by atoms with Crippen LogP contribution >= 0.6 is 0 Å². The van der Waals surface area contributed by atoms with Crippen molar-refractivity contribution in [1.82, 2.24) is 29.8 Å². The van der Waals surface area contributed by atoms with Gasteiger partial charge in [0.05, 0.1) is 5.69 Å². The molecule has 2 fully saturated rings. The van der Waals surface area contributed by atoms with Crippen molar-refractivity contribution in [1.29, 1.82) is 0 Å². The quantitative estimate of drug-likeness (QED) is 0.736. The van der Waals surface area contributed by atoms with Gasteiger partial charge in [-0.2, -0.15) is 9.61 Å². The fraction of sp³-hybridized carbons (Fsp3) is 0.471. The molecule has 4 heterocycles. The molecule has 24 heavy (non-hydrogen) atoms. The average Bonchev–Trinajstić information content (AvgIpc) is 3.42. The monoisotopic (exact) mass is 321 g/mol. The van der Waals surface area contributed by atoms with Crippen LogP contribution in [0.2, 0.25) is 0 Å². The van der Waals surface area contributed by atoms with Crippen LogP contribution in [0.5, 0.6) is 0 Å². The Morgan fingerprint density at radius 1 is 0.875 bits per heavy atom. The minimum absolute atomic E-state index is 0.391. The van der Waals surface area contributed by atoms with E-state index >= 15 is 0 Å². The van der Waals surface area contributed by atoms with Crippen molar-refractivity contribution < 1.29 is 0 Å². The molecule has 0 N–H and O–H groups in total. The number of fused-ring (bicyclic) bond motifs is 1. The molecule has 3 aromatic heterocycles. The van der Waals surface area contributed by atoms with Crippen molar-refractivity contribution in [2.24, 2.45) is 0 Å². The van der Waals surface area contributed by atoms with Crippen LogP contribution in [-0.4, -0.2) is 42.9 Å². The molecular formula is C17H19N7. The third-order valence-electron chi connectivity index (χ3n) is 5.00. The van der Waals surface area contributed by atoms with E-state index in [1.807, 2.05) is 16.6 Å². The summed E-state index contributed by atoms with van der Waals surface area (Å²) in [5.74, 6) is 2.85. The largest absolute Gasteiger partial charge is 0.341 e. The maximum atomic E-state index is 4.80. The van der Waals surface area contributed by atoms with Gasteiger partial charge in [-0.1, -0.05) is 0 Å². The van der Waals surface area contributed by atoms with Crippen molar-refractivity contribution in [3.8, 4) is 0 Å². The van der Waals surface area contributed by atoms with Gasteiger partial charge in [-0.15, -0.1) is 10.2 Å². The van der Waals surface area contributed by atoms with Crippen LogP contribution in [-0.2, 0) is 0 Å². The number of hydrogen-bond acceptors (Lipinski definition) is 6. The van der Waals surface area contributed by atoms with Gasteiger partial charge >= 0.3 is 0 Å². The molecule has 3 aromatic rings. The summed E-state index contributed by atoms with van der Waals surface area (Å²) in [5.41, 5.74) is 2.03. The minimum atomic E-state index is 0.391. The fourth-order valence-electron chi connectivity index (χ4n) is 3.46. The highest BCUT2D eigenvalue weighted by molar-refractivity contribution is 5.38. The zero-order chi connectivity index (χ0) is 15.9. The van der Waals surface area contributed by atoms with Gasteiger partial charge in [-0.05, 0) is 43.9 Å². The Labute approximate surface area is 139 Å². The highest BCUT2D eigenvalue weighted by atomic mass is 15.4. The van der Waals surface area contributed by atoms with Gasteiger partial charge in [0.1, 0.15) is 0 Å². The number of anilines is 1. The average molecular weight is 321 g/mol. The van der Waals surface area contributed by atoms with Crippen LogP contribution in [0.4, 0.5) is 5.95 Å². The first-order chi connectivity index (χ1) is 11.9. The molecule has 0 radical (unpaired) electrons. The maximum Gasteiger partial charge on any atom is 0.225 e. The second kappa shape index (κ2) is 5.51. The third kappa shape index (κ3) is 2.40. The van der Waals surface area contributed by atoms with Crippen molar-refractivity contribution in [2.75, 3.05) is 18.0 Å². The molecule has 122 valence electrons. The van der Waals surface area contributed by atoms with Crippen LogP contribution in [0.25, 0.3) is 5.65 Å². The molecule has 1 aliphatic heterocycles. The number of piperidine rings is 1. The summed E-state index contributed by atoms with van der Waals surface area (Å²) in [6.07, 6.45) is 8.15. The van der Waals surface area contributed by atoms with Gasteiger partial charge in [-0.3, -0.25) is 0 Å². The molecule has 1 saturated carbocycles. The Morgan fingerprint density at radius 3 is 2.42 bits per heavy atom. The molecule has 5 rings (SSSR count). The van der Waals surface area contributed by atoms with E-state index in [0.29, 0.717) is 11.8 Å². The first-order valence-electron chi connectivity index (χ1n) is 8.63. The molecule has 7 heteroatoms. The van der Waals surface area contributed by atoms with Gasteiger partial charge in [-0.25, -0.2) is 9.97 Å². The van der Waals surface area contributed by atoms with Gasteiger partial charge < -0.3 is 4.90 Å². The van der Waals surface area contributed by atoms with E-state index in [-0.39, 0.29) is 0 Å². The van der Waals surface area contributed by atoms with E-state index in [1.165, 1.54) is 18.5 Å². The predicted octanol–water partition coefficient (Wildman–Crippen LogP) is 2.18. The lowest BCUT2D eigenvalue weighted by Crippen LogP contribution is -2.34. The molecule has 1 saturated heterocycles. The van der Waals surface area contributed by atoms with Gasteiger partial charge in [0, 0.05) is 37.3 Å². The summed E-state index contributed by atoms with van der Waals surface area (Å²) < 4.78 is 1.97. The van der Waals surface area contributed by atoms with Crippen LogP contribution in [0.1, 0.15) is 49.0 Å². The van der Waals surface area contributed by atoms with E-state index in [9.17, 15) is 0 Å². The third-order valence-corrected chi connectivity index (χ3v) is 5.00. The molecule has 7 nitrogen and oxygen atoms in total. The van der Waals surface area contributed by atoms with Crippen molar-refractivity contribution in [3.05, 3.63) is 42.1 Å². The molecule has 0 atom stereocenters. The lowest BCUT2D eigenvalue weighted by molar-refractivity contribution is 0.472. The lowest BCUT2D eigenvalue weighted by Gasteiger charge is -2.30. The lowest BCUT2D eigenvalue weighted by atomic mass is 9.96. The van der Waals surface area contributed by atoms with Gasteiger partial charge in [0.15, 0.2) is 11.5 Å². The second-order valence-corrected chi connectivity index (χ2v) is 6.67. The molecular weight excluding hydrogens is 302 g/mol. The standard InChI is InChI=1S/C17H19N7/c1-8-18-17(19-9-1)23-10-6-13(7-11-23)16-21-20-15-5-4-14(12-2-3-12)22-24(15)16/h1,4-5,8-9,12-13H,2-3,6-7,10-11H2. The molecule has 0 spiro atoms. The van der Waals surface area contributed by atoms with E-state index < -0.39 is 0 Å². The topological polar surface area (TPSA) is 72.1 Å². The normalized spacial score (nSPS) is 19.1. The van der Waals surface area contributed by atoms with E-state index in [2.05, 4.69) is 31.1 Å². The fourth-order valence-corrected chi connectivity index (χ4v) is 3.46. The second-order valence-electron chi connectivity index (χ2n) is 6.67. The Balaban J connectivity index is 1.38. The van der Waals surface area contributed by atoms with Crippen molar-refractivity contribution in [3.63, 3.8) is 0 Å². The minimum Gasteiger partial charge on any atom is -0.341 e. The van der Waals surface area contributed by atoms with Crippen LogP contribution < -0.4 is 4.90 Å². The van der Waals surface area contributed by atoms with Crippen LogP contribution in [0.15, 0.2) is 30.6 Å². The zero-order valence-corrected chi connectivity index (χ0v) is 13.4. The van der Waals surface area contributed by atoms with Gasteiger partial charge in [0.25, 0.3) is 0 Å². The van der Waals surface area contributed by atoms with E-state index in [0.717, 1.165) is 43.4 Å². The first-order valence-corrected chi connectivity index (χ1v) is 8.63. The summed E-state index contributed by atoms with van der Waals surface area (Å²) >= 11 is 0. The number of nitrogens with zero attached hydrogens (tertiary/aromatic N) is 7. The number of rotatable bonds is 3. The highest BCUT2D eigenvalue weighted by Crippen LogP contribution is 2.39. The summed E-state index contributed by atoms with van der Waals surface area (Å²) in [6.45, 7) is 1.87. The van der Waals surface area contributed by atoms with Crippen LogP contribution in [0.3, 0.4) is 0 Å². The number of aromatic nitrogens is 6. The predicted molar refractivity (Wildman–Crippen MR) is 89.0 cm³/mol.